The van der Waals surface area contributed by atoms with Crippen LogP contribution >= 0.6 is 0 Å². The van der Waals surface area contributed by atoms with Gasteiger partial charge in [-0.25, -0.2) is 0 Å². The number of aromatic nitrogens is 2. The molecule has 0 spiro atoms. The molecule has 2 fully saturated rings. The van der Waals surface area contributed by atoms with E-state index < -0.39 is 54.1 Å². The summed E-state index contributed by atoms with van der Waals surface area (Å²) in [6.45, 7) is 0.174. The number of carbonyl (C=O) groups is 2. The van der Waals surface area contributed by atoms with Gasteiger partial charge in [-0.15, -0.1) is 0 Å². The van der Waals surface area contributed by atoms with E-state index in [9.17, 15) is 41.0 Å². The van der Waals surface area contributed by atoms with Crippen molar-refractivity contribution in [2.75, 3.05) is 19.6 Å². The van der Waals surface area contributed by atoms with Crippen LogP contribution in [0.1, 0.15) is 53.3 Å². The highest BCUT2D eigenvalue weighted by molar-refractivity contribution is 5.96. The highest BCUT2D eigenvalue weighted by Gasteiger charge is 2.38. The number of aliphatic hydroxyl groups excluding tert-OH is 1. The molecule has 14 heteroatoms. The zero-order valence-corrected chi connectivity index (χ0v) is 20.1. The van der Waals surface area contributed by atoms with Gasteiger partial charge in [-0.3, -0.25) is 19.2 Å². The number of hydrogen-bond donors (Lipinski definition) is 3. The van der Waals surface area contributed by atoms with Crippen LogP contribution in [0.5, 0.6) is 0 Å². The van der Waals surface area contributed by atoms with Gasteiger partial charge in [0, 0.05) is 30.9 Å². The number of rotatable bonds is 6. The summed E-state index contributed by atoms with van der Waals surface area (Å²) in [4.78, 5) is 26.6. The molecule has 8 nitrogen and oxygen atoms in total. The summed E-state index contributed by atoms with van der Waals surface area (Å²) in [5, 5.41) is 19.0. The van der Waals surface area contributed by atoms with Gasteiger partial charge >= 0.3 is 12.4 Å². The molecule has 1 saturated heterocycles. The molecule has 1 aromatic heterocycles. The molecule has 1 saturated carbocycles. The Balaban J connectivity index is 1.23. The van der Waals surface area contributed by atoms with E-state index in [0.29, 0.717) is 44.8 Å². The van der Waals surface area contributed by atoms with E-state index >= 15 is 0 Å². The van der Waals surface area contributed by atoms with Crippen molar-refractivity contribution in [1.29, 1.82) is 0 Å². The number of β-amino-alcohol motifs (C(OH)–C–C–N with tert-alkyl or cyclic N) is 1. The molecule has 1 aromatic carbocycles. The second-order valence-corrected chi connectivity index (χ2v) is 9.60. The average molecular weight is 548 g/mol. The van der Waals surface area contributed by atoms with Crippen LogP contribution in [0.15, 0.2) is 36.5 Å². The summed E-state index contributed by atoms with van der Waals surface area (Å²) in [7, 11) is 0. The molecule has 208 valence electrons. The number of hydrogen-bond acceptors (Lipinski definition) is 5. The summed E-state index contributed by atoms with van der Waals surface area (Å²) in [5.41, 5.74) is -2.14. The molecular formula is C24H27F6N5O3. The van der Waals surface area contributed by atoms with Crippen LogP contribution in [0.4, 0.5) is 26.3 Å². The fourth-order valence-electron chi connectivity index (χ4n) is 4.99. The standard InChI is InChI=1S/C24H27F6N5O3/c25-23(26,27)15-3-1-2-14(10-15)22(38)31-11-21(37)32-18-12-34(13-19(18)36)16-4-6-17(7-5-16)35-9-8-20(33-35)24(28,29)30/h1-3,8-10,16-19,36H,4-7,11-13H2,(H,31,38)(H,32,37)/t16?,17?,18?,19-/m0/s1. The molecule has 2 aliphatic rings. The van der Waals surface area contributed by atoms with E-state index in [1.165, 1.54) is 16.9 Å². The molecule has 2 heterocycles. The fourth-order valence-corrected chi connectivity index (χ4v) is 4.99. The number of carbonyl (C=O) groups excluding carboxylic acids is 2. The van der Waals surface area contributed by atoms with Crippen molar-refractivity contribution in [2.24, 2.45) is 0 Å². The lowest BCUT2D eigenvalue weighted by Gasteiger charge is -2.34. The minimum atomic E-state index is -4.60. The average Bonchev–Trinajstić information content (AvgIpc) is 3.50. The zero-order valence-electron chi connectivity index (χ0n) is 20.1. The molecule has 1 aliphatic heterocycles. The van der Waals surface area contributed by atoms with Crippen LogP contribution in [-0.4, -0.2) is 69.4 Å². The molecular weight excluding hydrogens is 520 g/mol. The molecule has 38 heavy (non-hydrogen) atoms. The summed E-state index contributed by atoms with van der Waals surface area (Å²) < 4.78 is 78.4. The van der Waals surface area contributed by atoms with E-state index in [4.69, 9.17) is 0 Å². The molecule has 1 aliphatic carbocycles. The van der Waals surface area contributed by atoms with Crippen LogP contribution in [0.25, 0.3) is 0 Å². The second-order valence-electron chi connectivity index (χ2n) is 9.60. The third-order valence-electron chi connectivity index (χ3n) is 6.98. The first-order valence-corrected chi connectivity index (χ1v) is 12.1. The van der Waals surface area contributed by atoms with Crippen molar-refractivity contribution in [1.82, 2.24) is 25.3 Å². The Bertz CT molecular complexity index is 1140. The first kappa shape index (κ1) is 27.9. The van der Waals surface area contributed by atoms with Crippen LogP contribution in [0, 0.1) is 0 Å². The molecule has 3 N–H and O–H groups in total. The predicted molar refractivity (Wildman–Crippen MR) is 122 cm³/mol. The summed E-state index contributed by atoms with van der Waals surface area (Å²) in [6, 6.07) is 4.13. The van der Waals surface area contributed by atoms with E-state index in [1.807, 2.05) is 4.90 Å². The number of nitrogens with one attached hydrogen (secondary N) is 2. The number of halogens is 6. The monoisotopic (exact) mass is 547 g/mol. The van der Waals surface area contributed by atoms with Gasteiger partial charge in [-0.05, 0) is 49.9 Å². The lowest BCUT2D eigenvalue weighted by molar-refractivity contribution is -0.141. The Labute approximate surface area is 214 Å². The minimum Gasteiger partial charge on any atom is -0.390 e. The third-order valence-corrected chi connectivity index (χ3v) is 6.98. The van der Waals surface area contributed by atoms with Crippen molar-refractivity contribution in [2.45, 2.75) is 62.3 Å². The first-order valence-electron chi connectivity index (χ1n) is 12.1. The molecule has 2 atom stereocenters. The van der Waals surface area contributed by atoms with Gasteiger partial charge in [0.1, 0.15) is 0 Å². The van der Waals surface area contributed by atoms with Gasteiger partial charge in [-0.2, -0.15) is 31.4 Å². The quantitative estimate of drug-likeness (QED) is 0.483. The third kappa shape index (κ3) is 6.65. The number of likely N-dealkylation sites (tertiary alicyclic amines) is 1. The van der Waals surface area contributed by atoms with Crippen molar-refractivity contribution in [3.63, 3.8) is 0 Å². The van der Waals surface area contributed by atoms with E-state index in [1.54, 1.807) is 0 Å². The number of benzene rings is 1. The van der Waals surface area contributed by atoms with Crippen molar-refractivity contribution >= 4 is 11.8 Å². The molecule has 0 radical (unpaired) electrons. The lowest BCUT2D eigenvalue weighted by Crippen LogP contribution is -2.47. The Kier molecular flexibility index (Phi) is 8.02. The highest BCUT2D eigenvalue weighted by atomic mass is 19.4. The smallest absolute Gasteiger partial charge is 0.390 e. The van der Waals surface area contributed by atoms with Gasteiger partial charge < -0.3 is 15.7 Å². The number of amides is 2. The number of alkyl halides is 6. The first-order chi connectivity index (χ1) is 17.8. The highest BCUT2D eigenvalue weighted by Crippen LogP contribution is 2.34. The Morgan fingerprint density at radius 1 is 0.974 bits per heavy atom. The molecule has 1 unspecified atom stereocenters. The fraction of sp³-hybridized carbons (Fsp3) is 0.542. The van der Waals surface area contributed by atoms with E-state index in [2.05, 4.69) is 15.7 Å². The molecule has 0 bridgehead atoms. The number of aliphatic hydroxyl groups is 1. The SMILES string of the molecule is O=C(CNC(=O)c1cccc(C(F)(F)F)c1)NC1CN(C2CCC(n3ccc(C(F)(F)F)n3)CC2)C[C@@H]1O. The second kappa shape index (κ2) is 10.9. The zero-order chi connectivity index (χ0) is 27.7. The van der Waals surface area contributed by atoms with Gasteiger partial charge in [0.2, 0.25) is 5.91 Å². The topological polar surface area (TPSA) is 99.5 Å². The molecule has 2 aromatic rings. The largest absolute Gasteiger partial charge is 0.435 e. The van der Waals surface area contributed by atoms with Crippen LogP contribution in [0.3, 0.4) is 0 Å². The minimum absolute atomic E-state index is 0.0843. The Morgan fingerprint density at radius 2 is 1.66 bits per heavy atom. The van der Waals surface area contributed by atoms with Crippen molar-refractivity contribution < 1.29 is 41.0 Å². The van der Waals surface area contributed by atoms with E-state index in [0.717, 1.165) is 18.2 Å². The van der Waals surface area contributed by atoms with E-state index in [-0.39, 0.29) is 17.6 Å². The van der Waals surface area contributed by atoms with Gasteiger partial charge in [-0.1, -0.05) is 6.07 Å². The summed E-state index contributed by atoms with van der Waals surface area (Å²) in [6.07, 6.45) is -6.01. The van der Waals surface area contributed by atoms with Gasteiger partial charge in [0.05, 0.1) is 30.3 Å². The van der Waals surface area contributed by atoms with Crippen LogP contribution < -0.4 is 10.6 Å². The van der Waals surface area contributed by atoms with Crippen molar-refractivity contribution in [3.8, 4) is 0 Å². The van der Waals surface area contributed by atoms with Crippen molar-refractivity contribution in [3.05, 3.63) is 53.3 Å². The Hall–Kier alpha value is -3.13. The van der Waals surface area contributed by atoms with Gasteiger partial charge in [0.15, 0.2) is 5.69 Å². The molecule has 4 rings (SSSR count). The van der Waals surface area contributed by atoms with Crippen LogP contribution in [-0.2, 0) is 17.1 Å². The maximum absolute atomic E-state index is 12.8. The van der Waals surface area contributed by atoms with Gasteiger partial charge in [0.25, 0.3) is 5.91 Å². The maximum Gasteiger partial charge on any atom is 0.435 e. The predicted octanol–water partition coefficient (Wildman–Crippen LogP) is 3.00. The Morgan fingerprint density at radius 3 is 2.29 bits per heavy atom. The number of nitrogens with zero attached hydrogens (tertiary/aromatic N) is 3. The summed E-state index contributed by atoms with van der Waals surface area (Å²) >= 11 is 0. The lowest BCUT2D eigenvalue weighted by atomic mass is 9.90. The maximum atomic E-state index is 12.8. The summed E-state index contributed by atoms with van der Waals surface area (Å²) in [5.74, 6) is -1.43. The van der Waals surface area contributed by atoms with Crippen LogP contribution in [0.2, 0.25) is 0 Å². The molecule has 2 amide bonds. The normalized spacial score (nSPS) is 24.8.